The highest BCUT2D eigenvalue weighted by Gasteiger charge is 2.50. The van der Waals surface area contributed by atoms with Gasteiger partial charge in [-0.2, -0.15) is 0 Å². The fourth-order valence-corrected chi connectivity index (χ4v) is 2.11. The molecule has 0 aromatic rings. The average molecular weight is 168 g/mol. The molecule has 2 fully saturated rings. The molecule has 2 rings (SSSR count). The van der Waals surface area contributed by atoms with Crippen LogP contribution in [-0.2, 0) is 14.3 Å². The lowest BCUT2D eigenvalue weighted by molar-refractivity contribution is -0.164. The number of ether oxygens (including phenoxy) is 1. The van der Waals surface area contributed by atoms with Gasteiger partial charge in [0.05, 0.1) is 5.41 Å². The van der Waals surface area contributed by atoms with Gasteiger partial charge in [0.2, 0.25) is 0 Å². The third kappa shape index (κ3) is 0.886. The van der Waals surface area contributed by atoms with Crippen LogP contribution in [0.4, 0.5) is 0 Å². The normalized spacial score (nSPS) is 40.9. The van der Waals surface area contributed by atoms with Crippen LogP contribution in [0.2, 0.25) is 0 Å². The fourth-order valence-electron chi connectivity index (χ4n) is 2.11. The Balaban J connectivity index is 2.24. The van der Waals surface area contributed by atoms with Crippen LogP contribution in [0.1, 0.15) is 32.6 Å². The van der Waals surface area contributed by atoms with Crippen molar-refractivity contribution in [1.29, 1.82) is 0 Å². The van der Waals surface area contributed by atoms with Gasteiger partial charge in [-0.05, 0) is 19.8 Å². The molecule has 1 heterocycles. The highest BCUT2D eigenvalue weighted by molar-refractivity contribution is 5.89. The number of esters is 1. The number of fused-ring (bicyclic) bond motifs is 1. The fraction of sp³-hybridized carbons (Fsp3) is 0.778. The van der Waals surface area contributed by atoms with E-state index in [1.165, 1.54) is 0 Å². The molecule has 1 saturated carbocycles. The van der Waals surface area contributed by atoms with E-state index in [2.05, 4.69) is 0 Å². The summed E-state index contributed by atoms with van der Waals surface area (Å²) in [6, 6.07) is 0. The zero-order valence-electron chi connectivity index (χ0n) is 7.13. The number of hydrogen-bond acceptors (Lipinski definition) is 3. The van der Waals surface area contributed by atoms with E-state index in [0.29, 0.717) is 19.3 Å². The molecular formula is C9H12O3. The standard InChI is InChI=1S/C9H12O3/c1-9-5-4-8(11)12-7(9)3-2-6(9)10/h7H,2-5H2,1H3/t7-,9+/m1/s1. The quantitative estimate of drug-likeness (QED) is 0.508. The van der Waals surface area contributed by atoms with Crippen LogP contribution < -0.4 is 0 Å². The van der Waals surface area contributed by atoms with Crippen molar-refractivity contribution in [2.24, 2.45) is 5.41 Å². The van der Waals surface area contributed by atoms with Gasteiger partial charge < -0.3 is 4.74 Å². The lowest BCUT2D eigenvalue weighted by Crippen LogP contribution is -2.40. The number of hydrogen-bond donors (Lipinski definition) is 0. The van der Waals surface area contributed by atoms with E-state index >= 15 is 0 Å². The first-order chi connectivity index (χ1) is 5.63. The van der Waals surface area contributed by atoms with E-state index < -0.39 is 0 Å². The highest BCUT2D eigenvalue weighted by Crippen LogP contribution is 2.43. The Labute approximate surface area is 71.1 Å². The van der Waals surface area contributed by atoms with Crippen LogP contribution in [0.25, 0.3) is 0 Å². The zero-order chi connectivity index (χ0) is 8.77. The second-order valence-electron chi connectivity index (χ2n) is 3.86. The summed E-state index contributed by atoms with van der Waals surface area (Å²) in [6.07, 6.45) is 2.25. The molecule has 0 aromatic heterocycles. The molecule has 0 aromatic carbocycles. The maximum absolute atomic E-state index is 11.4. The van der Waals surface area contributed by atoms with Crippen molar-refractivity contribution >= 4 is 11.8 Å². The largest absolute Gasteiger partial charge is 0.461 e. The monoisotopic (exact) mass is 168 g/mol. The molecule has 66 valence electrons. The molecule has 1 aliphatic carbocycles. The van der Waals surface area contributed by atoms with Crippen molar-refractivity contribution in [3.63, 3.8) is 0 Å². The summed E-state index contributed by atoms with van der Waals surface area (Å²) in [5.41, 5.74) is -0.353. The summed E-state index contributed by atoms with van der Waals surface area (Å²) in [4.78, 5) is 22.4. The Morgan fingerprint density at radius 2 is 2.17 bits per heavy atom. The molecule has 2 aliphatic rings. The van der Waals surface area contributed by atoms with Crippen molar-refractivity contribution in [2.75, 3.05) is 0 Å². The van der Waals surface area contributed by atoms with E-state index in [1.54, 1.807) is 0 Å². The summed E-state index contributed by atoms with van der Waals surface area (Å²) >= 11 is 0. The van der Waals surface area contributed by atoms with Crippen LogP contribution in [-0.4, -0.2) is 17.9 Å². The van der Waals surface area contributed by atoms with Crippen molar-refractivity contribution in [3.8, 4) is 0 Å². The van der Waals surface area contributed by atoms with Gasteiger partial charge in [0, 0.05) is 12.8 Å². The van der Waals surface area contributed by atoms with Crippen LogP contribution in [0, 0.1) is 5.41 Å². The Morgan fingerprint density at radius 1 is 1.42 bits per heavy atom. The van der Waals surface area contributed by atoms with Gasteiger partial charge in [0.1, 0.15) is 11.9 Å². The SMILES string of the molecule is C[C@@]12CCC(=O)O[C@@H]1CCC2=O. The molecule has 2 atom stereocenters. The van der Waals surface area contributed by atoms with E-state index in [-0.39, 0.29) is 23.3 Å². The molecule has 0 amide bonds. The first kappa shape index (κ1) is 7.77. The van der Waals surface area contributed by atoms with Crippen molar-refractivity contribution < 1.29 is 14.3 Å². The Kier molecular flexibility index (Phi) is 1.50. The topological polar surface area (TPSA) is 43.4 Å². The molecule has 0 N–H and O–H groups in total. The minimum absolute atomic E-state index is 0.133. The van der Waals surface area contributed by atoms with Crippen LogP contribution in [0.5, 0.6) is 0 Å². The summed E-state index contributed by atoms with van der Waals surface area (Å²) in [5.74, 6) is 0.118. The summed E-state index contributed by atoms with van der Waals surface area (Å²) in [5, 5.41) is 0. The van der Waals surface area contributed by atoms with E-state index in [0.717, 1.165) is 6.42 Å². The first-order valence-corrected chi connectivity index (χ1v) is 4.36. The Hall–Kier alpha value is -0.860. The van der Waals surface area contributed by atoms with Gasteiger partial charge in [0.15, 0.2) is 0 Å². The van der Waals surface area contributed by atoms with Crippen molar-refractivity contribution in [3.05, 3.63) is 0 Å². The van der Waals surface area contributed by atoms with E-state index in [4.69, 9.17) is 4.74 Å². The zero-order valence-corrected chi connectivity index (χ0v) is 7.13. The van der Waals surface area contributed by atoms with E-state index in [1.807, 2.05) is 6.92 Å². The predicted octanol–water partition coefficient (Wildman–Crippen LogP) is 1.06. The molecule has 0 radical (unpaired) electrons. The second kappa shape index (κ2) is 2.31. The molecule has 1 aliphatic heterocycles. The number of carbonyl (C=O) groups is 2. The molecule has 12 heavy (non-hydrogen) atoms. The molecule has 3 heteroatoms. The number of rotatable bonds is 0. The maximum Gasteiger partial charge on any atom is 0.306 e. The van der Waals surface area contributed by atoms with Gasteiger partial charge in [0.25, 0.3) is 0 Å². The Bertz CT molecular complexity index is 246. The van der Waals surface area contributed by atoms with Gasteiger partial charge in [-0.3, -0.25) is 9.59 Å². The van der Waals surface area contributed by atoms with Crippen LogP contribution >= 0.6 is 0 Å². The number of ketones is 1. The molecule has 0 bridgehead atoms. The summed E-state index contributed by atoms with van der Waals surface area (Å²) in [6.45, 7) is 1.92. The van der Waals surface area contributed by atoms with Gasteiger partial charge in [-0.1, -0.05) is 0 Å². The summed E-state index contributed by atoms with van der Waals surface area (Å²) in [7, 11) is 0. The minimum Gasteiger partial charge on any atom is -0.461 e. The van der Waals surface area contributed by atoms with Gasteiger partial charge >= 0.3 is 5.97 Å². The number of carbonyl (C=O) groups excluding carboxylic acids is 2. The smallest absolute Gasteiger partial charge is 0.306 e. The van der Waals surface area contributed by atoms with E-state index in [9.17, 15) is 9.59 Å². The van der Waals surface area contributed by atoms with Crippen molar-refractivity contribution in [1.82, 2.24) is 0 Å². The molecule has 0 unspecified atom stereocenters. The van der Waals surface area contributed by atoms with Crippen LogP contribution in [0.15, 0.2) is 0 Å². The average Bonchev–Trinajstić information content (AvgIpc) is 2.31. The predicted molar refractivity (Wildman–Crippen MR) is 41.5 cm³/mol. The van der Waals surface area contributed by atoms with Gasteiger partial charge in [-0.15, -0.1) is 0 Å². The lowest BCUT2D eigenvalue weighted by atomic mass is 9.79. The summed E-state index contributed by atoms with van der Waals surface area (Å²) < 4.78 is 5.12. The maximum atomic E-state index is 11.4. The molecule has 3 nitrogen and oxygen atoms in total. The van der Waals surface area contributed by atoms with Gasteiger partial charge in [-0.25, -0.2) is 0 Å². The third-order valence-corrected chi connectivity index (χ3v) is 3.10. The molecule has 1 saturated heterocycles. The Morgan fingerprint density at radius 3 is 2.92 bits per heavy atom. The molecular weight excluding hydrogens is 156 g/mol. The van der Waals surface area contributed by atoms with Crippen molar-refractivity contribution in [2.45, 2.75) is 38.7 Å². The highest BCUT2D eigenvalue weighted by atomic mass is 16.5. The lowest BCUT2D eigenvalue weighted by Gasteiger charge is -2.33. The minimum atomic E-state index is -0.353. The van der Waals surface area contributed by atoms with Crippen LogP contribution in [0.3, 0.4) is 0 Å². The second-order valence-corrected chi connectivity index (χ2v) is 3.86. The molecule has 0 spiro atoms. The third-order valence-electron chi connectivity index (χ3n) is 3.10. The number of Topliss-reactive ketones (excluding diaryl/α,β-unsaturated/α-hetero) is 1. The first-order valence-electron chi connectivity index (χ1n) is 4.36.